The number of phenolic OH excluding ortho intramolecular Hbond substituents is 1. The number of nitrogens with two attached hydrogens (primary N) is 1. The van der Waals surface area contributed by atoms with Gasteiger partial charge in [-0.25, -0.2) is 4.79 Å². The van der Waals surface area contributed by atoms with Crippen molar-refractivity contribution in [2.24, 2.45) is 0 Å². The Morgan fingerprint density at radius 2 is 2.14 bits per heavy atom. The van der Waals surface area contributed by atoms with Crippen LogP contribution in [-0.4, -0.2) is 16.2 Å². The SMILES string of the molecule is Nc1c(C(=O)O)sc2c(O)cccc12. The highest BCUT2D eigenvalue weighted by atomic mass is 32.1. The molecule has 4 nitrogen and oxygen atoms in total. The maximum Gasteiger partial charge on any atom is 0.348 e. The lowest BCUT2D eigenvalue weighted by Crippen LogP contribution is -1.96. The van der Waals surface area contributed by atoms with Crippen molar-refractivity contribution < 1.29 is 15.0 Å². The lowest BCUT2D eigenvalue weighted by atomic mass is 10.2. The number of aromatic hydroxyl groups is 1. The molecular formula is C9H7NO3S. The standard InChI is InChI=1S/C9H7NO3S/c10-6-4-2-1-3-5(11)7(4)14-8(6)9(12)13/h1-3,11H,10H2,(H,12,13). The smallest absolute Gasteiger partial charge is 0.348 e. The molecule has 0 aliphatic rings. The first-order valence-electron chi connectivity index (χ1n) is 3.84. The number of rotatable bonds is 1. The van der Waals surface area contributed by atoms with Gasteiger partial charge >= 0.3 is 5.97 Å². The Bertz CT molecular complexity index is 518. The highest BCUT2D eigenvalue weighted by Crippen LogP contribution is 2.38. The largest absolute Gasteiger partial charge is 0.506 e. The van der Waals surface area contributed by atoms with Crippen molar-refractivity contribution in [3.63, 3.8) is 0 Å². The van der Waals surface area contributed by atoms with E-state index >= 15 is 0 Å². The van der Waals surface area contributed by atoms with Crippen LogP contribution in [0.1, 0.15) is 9.67 Å². The summed E-state index contributed by atoms with van der Waals surface area (Å²) in [5.41, 5.74) is 5.84. The van der Waals surface area contributed by atoms with Crippen LogP contribution in [0.5, 0.6) is 5.75 Å². The molecule has 2 aromatic rings. The Balaban J connectivity index is 2.86. The Morgan fingerprint density at radius 3 is 2.71 bits per heavy atom. The monoisotopic (exact) mass is 209 g/mol. The average Bonchev–Trinajstić information content (AvgIpc) is 2.46. The number of carboxylic acid groups (broad SMARTS) is 1. The summed E-state index contributed by atoms with van der Waals surface area (Å²) in [5.74, 6) is -1.00. The van der Waals surface area contributed by atoms with Crippen molar-refractivity contribution in [3.05, 3.63) is 23.1 Å². The number of carbonyl (C=O) groups is 1. The molecule has 1 aromatic heterocycles. The van der Waals surface area contributed by atoms with Crippen LogP contribution in [-0.2, 0) is 0 Å². The van der Waals surface area contributed by atoms with Crippen LogP contribution in [0.15, 0.2) is 18.2 Å². The lowest BCUT2D eigenvalue weighted by molar-refractivity contribution is 0.0703. The number of phenols is 1. The fraction of sp³-hybridized carbons (Fsp3) is 0. The van der Waals surface area contributed by atoms with Gasteiger partial charge in [-0.2, -0.15) is 0 Å². The highest BCUT2D eigenvalue weighted by Gasteiger charge is 2.16. The van der Waals surface area contributed by atoms with E-state index in [1.165, 1.54) is 6.07 Å². The van der Waals surface area contributed by atoms with E-state index in [2.05, 4.69) is 0 Å². The second kappa shape index (κ2) is 2.88. The molecule has 1 heterocycles. The Labute approximate surface area is 83.2 Å². The minimum Gasteiger partial charge on any atom is -0.506 e. The molecule has 0 aliphatic carbocycles. The molecule has 72 valence electrons. The number of nitrogen functional groups attached to an aromatic ring is 1. The van der Waals surface area contributed by atoms with Gasteiger partial charge in [-0.15, -0.1) is 11.3 Å². The first kappa shape index (κ1) is 8.83. The molecule has 0 atom stereocenters. The molecule has 4 N–H and O–H groups in total. The zero-order chi connectivity index (χ0) is 10.3. The third-order valence-electron chi connectivity index (χ3n) is 1.93. The van der Waals surface area contributed by atoms with Gasteiger partial charge < -0.3 is 15.9 Å². The molecule has 0 radical (unpaired) electrons. The Morgan fingerprint density at radius 1 is 1.43 bits per heavy atom. The number of benzene rings is 1. The Kier molecular flexibility index (Phi) is 1.82. The van der Waals surface area contributed by atoms with Crippen LogP contribution in [0.3, 0.4) is 0 Å². The quantitative estimate of drug-likeness (QED) is 0.669. The summed E-state index contributed by atoms with van der Waals surface area (Å²) in [4.78, 5) is 10.8. The van der Waals surface area contributed by atoms with E-state index in [-0.39, 0.29) is 16.3 Å². The minimum absolute atomic E-state index is 0.0618. The molecule has 14 heavy (non-hydrogen) atoms. The number of hydrogen-bond donors (Lipinski definition) is 3. The lowest BCUT2D eigenvalue weighted by Gasteiger charge is -1.93. The topological polar surface area (TPSA) is 83.6 Å². The normalized spacial score (nSPS) is 10.6. The van der Waals surface area contributed by atoms with Gasteiger partial charge in [-0.3, -0.25) is 0 Å². The fourth-order valence-corrected chi connectivity index (χ4v) is 2.25. The highest BCUT2D eigenvalue weighted by molar-refractivity contribution is 7.21. The van der Waals surface area contributed by atoms with E-state index in [4.69, 9.17) is 10.8 Å². The summed E-state index contributed by atoms with van der Waals surface area (Å²) < 4.78 is 0.516. The number of hydrogen-bond acceptors (Lipinski definition) is 4. The molecule has 0 unspecified atom stereocenters. The van der Waals surface area contributed by atoms with Crippen LogP contribution in [0.25, 0.3) is 10.1 Å². The van der Waals surface area contributed by atoms with Crippen LogP contribution >= 0.6 is 11.3 Å². The summed E-state index contributed by atoms with van der Waals surface area (Å²) in [6, 6.07) is 4.82. The molecular weight excluding hydrogens is 202 g/mol. The van der Waals surface area contributed by atoms with Crippen molar-refractivity contribution in [2.75, 3.05) is 5.73 Å². The molecule has 5 heteroatoms. The predicted molar refractivity (Wildman–Crippen MR) is 54.9 cm³/mol. The number of fused-ring (bicyclic) bond motifs is 1. The van der Waals surface area contributed by atoms with Crippen molar-refractivity contribution in [2.45, 2.75) is 0 Å². The first-order valence-corrected chi connectivity index (χ1v) is 4.66. The molecule has 0 aliphatic heterocycles. The molecule has 0 saturated carbocycles. The average molecular weight is 209 g/mol. The molecule has 0 saturated heterocycles. The van der Waals surface area contributed by atoms with Gasteiger partial charge in [0.25, 0.3) is 0 Å². The predicted octanol–water partition coefficient (Wildman–Crippen LogP) is 1.89. The molecule has 0 amide bonds. The van der Waals surface area contributed by atoms with Gasteiger partial charge in [-0.05, 0) is 6.07 Å². The number of thiophene rings is 1. The van der Waals surface area contributed by atoms with Gasteiger partial charge in [0.15, 0.2) is 0 Å². The van der Waals surface area contributed by atoms with Gasteiger partial charge in [0, 0.05) is 5.39 Å². The van der Waals surface area contributed by atoms with Crippen LogP contribution in [0.4, 0.5) is 5.69 Å². The van der Waals surface area contributed by atoms with E-state index in [1.54, 1.807) is 12.1 Å². The van der Waals surface area contributed by atoms with E-state index in [0.29, 0.717) is 10.1 Å². The molecule has 1 aromatic carbocycles. The van der Waals surface area contributed by atoms with Crippen LogP contribution < -0.4 is 5.73 Å². The molecule has 0 spiro atoms. The maximum atomic E-state index is 10.8. The minimum atomic E-state index is -1.07. The van der Waals surface area contributed by atoms with Crippen molar-refractivity contribution in [3.8, 4) is 5.75 Å². The summed E-state index contributed by atoms with van der Waals surface area (Å²) in [6.45, 7) is 0. The molecule has 2 rings (SSSR count). The van der Waals surface area contributed by atoms with E-state index in [9.17, 15) is 9.90 Å². The summed E-state index contributed by atoms with van der Waals surface area (Å²) in [6.07, 6.45) is 0. The van der Waals surface area contributed by atoms with E-state index in [1.807, 2.05) is 0 Å². The van der Waals surface area contributed by atoms with Crippen LogP contribution in [0, 0.1) is 0 Å². The van der Waals surface area contributed by atoms with Crippen molar-refractivity contribution in [1.29, 1.82) is 0 Å². The van der Waals surface area contributed by atoms with Crippen LogP contribution in [0.2, 0.25) is 0 Å². The fourth-order valence-electron chi connectivity index (χ4n) is 1.28. The second-order valence-electron chi connectivity index (χ2n) is 2.80. The third-order valence-corrected chi connectivity index (χ3v) is 3.16. The second-order valence-corrected chi connectivity index (χ2v) is 3.82. The van der Waals surface area contributed by atoms with Crippen molar-refractivity contribution in [1.82, 2.24) is 0 Å². The van der Waals surface area contributed by atoms with Gasteiger partial charge in [0.2, 0.25) is 0 Å². The Hall–Kier alpha value is -1.75. The maximum absolute atomic E-state index is 10.8. The zero-order valence-electron chi connectivity index (χ0n) is 7.02. The summed E-state index contributed by atoms with van der Waals surface area (Å²) >= 11 is 0.984. The zero-order valence-corrected chi connectivity index (χ0v) is 7.84. The molecule has 0 fully saturated rings. The van der Waals surface area contributed by atoms with Gasteiger partial charge in [-0.1, -0.05) is 12.1 Å². The number of carboxylic acids is 1. The number of aromatic carboxylic acids is 1. The summed E-state index contributed by atoms with van der Waals surface area (Å²) in [7, 11) is 0. The first-order chi connectivity index (χ1) is 6.61. The van der Waals surface area contributed by atoms with E-state index < -0.39 is 5.97 Å². The van der Waals surface area contributed by atoms with Gasteiger partial charge in [0.1, 0.15) is 10.6 Å². The number of anilines is 1. The van der Waals surface area contributed by atoms with E-state index in [0.717, 1.165) is 11.3 Å². The third kappa shape index (κ3) is 1.10. The van der Waals surface area contributed by atoms with Gasteiger partial charge in [0.05, 0.1) is 10.4 Å². The summed E-state index contributed by atoms with van der Waals surface area (Å²) in [5, 5.41) is 18.8. The van der Waals surface area contributed by atoms with Crippen molar-refractivity contribution >= 4 is 33.1 Å². The molecule has 0 bridgehead atoms.